The number of amides is 2. The number of carboxylic acids is 1. The number of benzene rings is 6. The van der Waals surface area contributed by atoms with Gasteiger partial charge in [-0.05, 0) is 95.7 Å². The molecule has 0 saturated carbocycles. The lowest BCUT2D eigenvalue weighted by Crippen LogP contribution is -2.14. The predicted octanol–water partition coefficient (Wildman–Crippen LogP) is 7.19. The molecule has 6 aromatic rings. The highest BCUT2D eigenvalue weighted by molar-refractivity contribution is 6.07. The number of ether oxygens (including phenoxy) is 2. The molecule has 6 rings (SSSR count). The zero-order chi connectivity index (χ0) is 35.2. The van der Waals surface area contributed by atoms with E-state index in [1.54, 1.807) is 78.9 Å². The molecule has 0 aromatic heterocycles. The van der Waals surface area contributed by atoms with Crippen LogP contribution in [0.25, 0.3) is 10.8 Å². The predicted molar refractivity (Wildman–Crippen MR) is 184 cm³/mol. The van der Waals surface area contributed by atoms with E-state index < -0.39 is 29.7 Å². The van der Waals surface area contributed by atoms with E-state index in [2.05, 4.69) is 10.6 Å². The Labute approximate surface area is 284 Å². The number of anilines is 2. The number of phenols is 1. The molecule has 0 spiro atoms. The highest BCUT2D eigenvalue weighted by Gasteiger charge is 2.16. The van der Waals surface area contributed by atoms with Gasteiger partial charge in [0.25, 0.3) is 11.8 Å². The molecule has 0 atom stereocenters. The van der Waals surface area contributed by atoms with Gasteiger partial charge >= 0.3 is 17.9 Å². The summed E-state index contributed by atoms with van der Waals surface area (Å²) >= 11 is 0. The molecule has 0 bridgehead atoms. The molecule has 0 aliphatic carbocycles. The van der Waals surface area contributed by atoms with Crippen molar-refractivity contribution >= 4 is 51.9 Å². The summed E-state index contributed by atoms with van der Waals surface area (Å²) in [4.78, 5) is 62.6. The minimum atomic E-state index is -1.15. The van der Waals surface area contributed by atoms with Crippen molar-refractivity contribution in [3.63, 3.8) is 0 Å². The van der Waals surface area contributed by atoms with Crippen molar-refractivity contribution in [1.82, 2.24) is 0 Å². The van der Waals surface area contributed by atoms with Crippen molar-refractivity contribution in [3.8, 4) is 17.2 Å². The van der Waals surface area contributed by atoms with E-state index in [0.29, 0.717) is 22.1 Å². The van der Waals surface area contributed by atoms with Gasteiger partial charge in [0.2, 0.25) is 0 Å². The second-order valence-corrected chi connectivity index (χ2v) is 11.0. The smallest absolute Gasteiger partial charge is 0.343 e. The topological polar surface area (TPSA) is 168 Å². The summed E-state index contributed by atoms with van der Waals surface area (Å²) in [7, 11) is 0. The largest absolute Gasteiger partial charge is 0.508 e. The average Bonchev–Trinajstić information content (AvgIpc) is 3.11. The molecule has 246 valence electrons. The molecule has 0 aliphatic rings. The van der Waals surface area contributed by atoms with Crippen LogP contribution in [-0.4, -0.2) is 39.9 Å². The van der Waals surface area contributed by atoms with Gasteiger partial charge in [-0.1, -0.05) is 36.4 Å². The Balaban J connectivity index is 1.09. The van der Waals surface area contributed by atoms with Gasteiger partial charge in [-0.15, -0.1) is 0 Å². The van der Waals surface area contributed by atoms with Gasteiger partial charge in [0.05, 0.1) is 16.7 Å². The Kier molecular flexibility index (Phi) is 9.30. The Morgan fingerprint density at radius 2 is 0.960 bits per heavy atom. The molecule has 0 saturated heterocycles. The number of aromatic hydroxyl groups is 1. The van der Waals surface area contributed by atoms with Gasteiger partial charge in [0.1, 0.15) is 17.2 Å². The zero-order valence-corrected chi connectivity index (χ0v) is 26.0. The van der Waals surface area contributed by atoms with Crippen LogP contribution < -0.4 is 20.1 Å². The third kappa shape index (κ3) is 7.81. The first-order valence-electron chi connectivity index (χ1n) is 15.0. The molecule has 50 heavy (non-hydrogen) atoms. The normalized spacial score (nSPS) is 10.6. The van der Waals surface area contributed by atoms with Crippen molar-refractivity contribution in [3.05, 3.63) is 161 Å². The van der Waals surface area contributed by atoms with Crippen LogP contribution in [0.2, 0.25) is 0 Å². The molecule has 0 heterocycles. The molecule has 6 aromatic carbocycles. The van der Waals surface area contributed by atoms with Crippen molar-refractivity contribution in [2.75, 3.05) is 10.6 Å². The number of aromatic carboxylic acids is 1. The maximum Gasteiger partial charge on any atom is 0.343 e. The Morgan fingerprint density at radius 3 is 1.62 bits per heavy atom. The van der Waals surface area contributed by atoms with E-state index in [4.69, 9.17) is 9.47 Å². The molecule has 4 N–H and O–H groups in total. The van der Waals surface area contributed by atoms with Gasteiger partial charge in [-0.2, -0.15) is 0 Å². The first-order valence-corrected chi connectivity index (χ1v) is 15.0. The summed E-state index contributed by atoms with van der Waals surface area (Å²) in [6.45, 7) is 0. The lowest BCUT2D eigenvalue weighted by atomic mass is 10.1. The van der Waals surface area contributed by atoms with Crippen molar-refractivity contribution < 1.29 is 43.7 Å². The molecule has 0 radical (unpaired) electrons. The maximum atomic E-state index is 13.0. The van der Waals surface area contributed by atoms with Gasteiger partial charge < -0.3 is 30.3 Å². The van der Waals surface area contributed by atoms with Crippen LogP contribution in [0.15, 0.2) is 133 Å². The third-order valence-electron chi connectivity index (χ3n) is 7.40. The number of rotatable bonds is 9. The average molecular weight is 667 g/mol. The molecule has 2 amide bonds. The first-order chi connectivity index (χ1) is 24.1. The minimum Gasteiger partial charge on any atom is -0.508 e. The second-order valence-electron chi connectivity index (χ2n) is 11.0. The van der Waals surface area contributed by atoms with Crippen LogP contribution in [0.3, 0.4) is 0 Å². The number of carbonyl (C=O) groups is 5. The molecule has 0 aliphatic heterocycles. The number of hydrogen-bond donors (Lipinski definition) is 4. The van der Waals surface area contributed by atoms with Gasteiger partial charge in [0.15, 0.2) is 0 Å². The number of fused-ring (bicyclic) bond motifs is 1. The summed E-state index contributed by atoms with van der Waals surface area (Å²) in [6, 6.07) is 33.7. The van der Waals surface area contributed by atoms with Crippen molar-refractivity contribution in [2.45, 2.75) is 0 Å². The highest BCUT2D eigenvalue weighted by Crippen LogP contribution is 2.25. The fourth-order valence-electron chi connectivity index (χ4n) is 4.95. The van der Waals surface area contributed by atoms with Crippen LogP contribution in [0.5, 0.6) is 17.2 Å². The summed E-state index contributed by atoms with van der Waals surface area (Å²) in [5.74, 6) is -3.04. The SMILES string of the molecule is O=C(O)c1cccc(C(=O)Nc2cccc(OC(=O)c3ccc4cc(OC(=O)c5cccc(C(=O)Nc6cccc(O)c6)c5)ccc4c3)c2)c1. The van der Waals surface area contributed by atoms with E-state index in [1.165, 1.54) is 54.6 Å². The minimum absolute atomic E-state index is 0.00214. The van der Waals surface area contributed by atoms with Crippen molar-refractivity contribution in [1.29, 1.82) is 0 Å². The molecule has 0 unspecified atom stereocenters. The van der Waals surface area contributed by atoms with E-state index in [-0.39, 0.29) is 45.1 Å². The van der Waals surface area contributed by atoms with Crippen molar-refractivity contribution in [2.24, 2.45) is 0 Å². The highest BCUT2D eigenvalue weighted by atomic mass is 16.5. The summed E-state index contributed by atoms with van der Waals surface area (Å²) in [6.07, 6.45) is 0. The van der Waals surface area contributed by atoms with Gasteiger partial charge in [-0.25, -0.2) is 14.4 Å². The molecule has 11 heteroatoms. The summed E-state index contributed by atoms with van der Waals surface area (Å²) in [5.41, 5.74) is 1.50. The third-order valence-corrected chi connectivity index (χ3v) is 7.40. The molecule has 0 fully saturated rings. The maximum absolute atomic E-state index is 13.0. The Bertz CT molecular complexity index is 2320. The van der Waals surface area contributed by atoms with Crippen LogP contribution in [0.4, 0.5) is 11.4 Å². The monoisotopic (exact) mass is 666 g/mol. The van der Waals surface area contributed by atoms with E-state index >= 15 is 0 Å². The number of carboxylic acid groups (broad SMARTS) is 1. The number of esters is 2. The van der Waals surface area contributed by atoms with E-state index in [9.17, 15) is 34.2 Å². The van der Waals surface area contributed by atoms with Gasteiger partial charge in [0, 0.05) is 34.6 Å². The standard InChI is InChI=1S/C39H26N2O9/c42-32-11-3-9-30(21-32)40-36(44)26-6-2-8-28(19-26)38(47)50-34-16-15-23-17-29(14-13-24(23)20-34)39(48)49-33-12-4-10-31(22-33)41-35(43)25-5-1-7-27(18-25)37(45)46/h1-22,42H,(H,40,44)(H,41,43)(H,45,46). The lowest BCUT2D eigenvalue weighted by Gasteiger charge is -2.10. The van der Waals surface area contributed by atoms with Crippen LogP contribution in [0, 0.1) is 0 Å². The van der Waals surface area contributed by atoms with Crippen LogP contribution >= 0.6 is 0 Å². The number of phenolic OH excluding ortho intramolecular Hbond substituents is 1. The summed E-state index contributed by atoms with van der Waals surface area (Å²) in [5, 5.41) is 25.5. The van der Waals surface area contributed by atoms with Crippen LogP contribution in [-0.2, 0) is 0 Å². The van der Waals surface area contributed by atoms with Gasteiger partial charge in [-0.3, -0.25) is 9.59 Å². The van der Waals surface area contributed by atoms with Crippen LogP contribution in [0.1, 0.15) is 51.8 Å². The Hall–Kier alpha value is -7.27. The Morgan fingerprint density at radius 1 is 0.460 bits per heavy atom. The molecule has 11 nitrogen and oxygen atoms in total. The number of hydrogen-bond acceptors (Lipinski definition) is 8. The van der Waals surface area contributed by atoms with E-state index in [1.807, 2.05) is 0 Å². The lowest BCUT2D eigenvalue weighted by molar-refractivity contribution is 0.0692. The van der Waals surface area contributed by atoms with E-state index in [0.717, 1.165) is 0 Å². The zero-order valence-electron chi connectivity index (χ0n) is 26.0. The molecular weight excluding hydrogens is 640 g/mol. The number of nitrogens with one attached hydrogen (secondary N) is 2. The number of carbonyl (C=O) groups excluding carboxylic acids is 4. The fourth-order valence-corrected chi connectivity index (χ4v) is 4.95. The summed E-state index contributed by atoms with van der Waals surface area (Å²) < 4.78 is 11.1. The molecular formula is C39H26N2O9. The first kappa shape index (κ1) is 32.7. The quantitative estimate of drug-likeness (QED) is 0.0922. The second kappa shape index (κ2) is 14.2. The fraction of sp³-hybridized carbons (Fsp3) is 0.